The highest BCUT2D eigenvalue weighted by molar-refractivity contribution is 9.10. The highest BCUT2D eigenvalue weighted by Crippen LogP contribution is 2.16. The molecule has 0 aromatic carbocycles. The van der Waals surface area contributed by atoms with E-state index in [0.29, 0.717) is 6.61 Å². The Kier molecular flexibility index (Phi) is 16.3. The van der Waals surface area contributed by atoms with Gasteiger partial charge in [0, 0.05) is 32.5 Å². The van der Waals surface area contributed by atoms with E-state index in [1.807, 2.05) is 0 Å². The molecule has 0 saturated heterocycles. The fourth-order valence-corrected chi connectivity index (χ4v) is 3.58. The molecule has 0 saturated carbocycles. The molecule has 13 heteroatoms. The van der Waals surface area contributed by atoms with E-state index in [1.54, 1.807) is 0 Å². The van der Waals surface area contributed by atoms with E-state index in [0.717, 1.165) is 39.3 Å². The molecule has 0 aliphatic heterocycles. The summed E-state index contributed by atoms with van der Waals surface area (Å²) in [5.41, 5.74) is -0.853. The first-order chi connectivity index (χ1) is 16.1. The van der Waals surface area contributed by atoms with Gasteiger partial charge in [0.1, 0.15) is 6.54 Å². The number of hydrogen-bond acceptors (Lipinski definition) is 8. The van der Waals surface area contributed by atoms with Crippen LogP contribution in [-0.2, 0) is 18.4 Å². The number of H-pyrrole nitrogens is 1. The largest absolute Gasteiger partial charge is 0.550 e. The first-order valence-electron chi connectivity index (χ1n) is 11.4. The summed E-state index contributed by atoms with van der Waals surface area (Å²) in [6.07, 6.45) is -0.258. The van der Waals surface area contributed by atoms with Gasteiger partial charge in [-0.25, -0.2) is 9.78 Å². The minimum atomic E-state index is -1.23. The number of aromatic nitrogens is 4. The maximum Gasteiger partial charge on any atom is 0.329 e. The van der Waals surface area contributed by atoms with Crippen LogP contribution in [0.4, 0.5) is 0 Å². The van der Waals surface area contributed by atoms with Crippen molar-refractivity contribution in [1.29, 1.82) is 0 Å². The third kappa shape index (κ3) is 10.5. The zero-order valence-corrected chi connectivity index (χ0v) is 22.4. The Morgan fingerprint density at radius 2 is 1.74 bits per heavy atom. The number of fused-ring (bicyclic) bond motifs is 1. The number of aliphatic hydroxyl groups is 2. The fourth-order valence-electron chi connectivity index (χ4n) is 3.06. The molecule has 2 aromatic rings. The molecule has 4 N–H and O–H groups in total. The molecule has 2 heterocycles. The van der Waals surface area contributed by atoms with Gasteiger partial charge >= 0.3 is 5.69 Å². The number of aliphatic carboxylic acids is 1. The highest BCUT2D eigenvalue weighted by Gasteiger charge is 2.15. The maximum atomic E-state index is 11.7. The summed E-state index contributed by atoms with van der Waals surface area (Å²) in [4.78, 5) is 43.3. The molecule has 0 fully saturated rings. The van der Waals surface area contributed by atoms with Gasteiger partial charge in [0.25, 0.3) is 5.56 Å². The van der Waals surface area contributed by atoms with E-state index in [-0.39, 0.29) is 35.5 Å². The van der Waals surface area contributed by atoms with Crippen molar-refractivity contribution in [3.8, 4) is 0 Å². The van der Waals surface area contributed by atoms with Crippen molar-refractivity contribution in [2.75, 3.05) is 52.5 Å². The smallest absolute Gasteiger partial charge is 0.329 e. The number of aliphatic hydroxyl groups excluding tert-OH is 2. The zero-order valence-electron chi connectivity index (χ0n) is 20.8. The van der Waals surface area contributed by atoms with Crippen LogP contribution in [0.1, 0.15) is 34.1 Å². The molecule has 0 unspecified atom stereocenters. The number of rotatable bonds is 11. The highest BCUT2D eigenvalue weighted by atomic mass is 79.9. The predicted octanol–water partition coefficient (Wildman–Crippen LogP) is -2.45. The van der Waals surface area contributed by atoms with Gasteiger partial charge in [0.15, 0.2) is 15.9 Å². The van der Waals surface area contributed by atoms with Crippen molar-refractivity contribution in [3.63, 3.8) is 0 Å². The average molecular weight is 551 g/mol. The van der Waals surface area contributed by atoms with E-state index in [9.17, 15) is 19.5 Å². The average Bonchev–Trinajstić information content (AvgIpc) is 3.15. The summed E-state index contributed by atoms with van der Waals surface area (Å²) in [6, 6.07) is 0. The van der Waals surface area contributed by atoms with Crippen LogP contribution in [0.3, 0.4) is 0 Å². The minimum Gasteiger partial charge on any atom is -0.550 e. The van der Waals surface area contributed by atoms with Crippen LogP contribution >= 0.6 is 15.9 Å². The molecule has 0 amide bonds. The van der Waals surface area contributed by atoms with Gasteiger partial charge in [-0.15, -0.1) is 0 Å². The number of nitrogens with one attached hydrogen (secondary N) is 2. The molecule has 196 valence electrons. The molecule has 0 atom stereocenters. The van der Waals surface area contributed by atoms with E-state index < -0.39 is 17.2 Å². The van der Waals surface area contributed by atoms with Crippen molar-refractivity contribution in [2.45, 2.75) is 40.7 Å². The Morgan fingerprint density at radius 3 is 2.12 bits per heavy atom. The summed E-state index contributed by atoms with van der Waals surface area (Å²) < 4.78 is 2.84. The van der Waals surface area contributed by atoms with Crippen molar-refractivity contribution in [2.24, 2.45) is 7.05 Å². The SMILES string of the molecule is CCN(CC)CCO.CC[NH+](CC)CCO.Cn1c(=O)[nH]c(=O)c2c1nc(Br)n2CCC(=O)[O-]. The monoisotopic (exact) mass is 550 g/mol. The van der Waals surface area contributed by atoms with E-state index in [4.69, 9.17) is 10.2 Å². The van der Waals surface area contributed by atoms with Crippen LogP contribution in [0, 0.1) is 0 Å². The number of nitrogens with zero attached hydrogens (tertiary/aromatic N) is 4. The lowest BCUT2D eigenvalue weighted by molar-refractivity contribution is -0.896. The number of carbonyl (C=O) groups excluding carboxylic acids is 1. The van der Waals surface area contributed by atoms with E-state index in [1.165, 1.54) is 21.1 Å². The molecular weight excluding hydrogens is 512 g/mol. The van der Waals surface area contributed by atoms with Gasteiger partial charge in [-0.3, -0.25) is 14.3 Å². The lowest BCUT2D eigenvalue weighted by Crippen LogP contribution is -3.11. The Balaban J connectivity index is 0.000000570. The number of hydrogen-bond donors (Lipinski definition) is 4. The standard InChI is InChI=1S/C9H9BrN4O4.2C6H15NO/c1-13-6-5(7(17)12-9(13)18)14(8(10)11-6)3-2-4(15)16;2*1-3-7(4-2)5-6-8/h2-3H2,1H3,(H,15,16)(H,12,17,18);2*8H,3-6H2,1-2H3. The predicted molar refractivity (Wildman–Crippen MR) is 132 cm³/mol. The Labute approximate surface area is 208 Å². The van der Waals surface area contributed by atoms with Gasteiger partial charge in [-0.2, -0.15) is 0 Å². The topological polar surface area (TPSA) is 161 Å². The molecule has 0 aliphatic rings. The Morgan fingerprint density at radius 1 is 1.15 bits per heavy atom. The molecule has 34 heavy (non-hydrogen) atoms. The van der Waals surface area contributed by atoms with Gasteiger partial charge in [-0.1, -0.05) is 13.8 Å². The van der Waals surface area contributed by atoms with E-state index >= 15 is 0 Å². The van der Waals surface area contributed by atoms with Crippen LogP contribution in [0.2, 0.25) is 0 Å². The second kappa shape index (κ2) is 17.4. The number of quaternary nitrogens is 1. The minimum absolute atomic E-state index is 0.0285. The van der Waals surface area contributed by atoms with Gasteiger partial charge < -0.3 is 34.5 Å². The molecule has 2 rings (SSSR count). The number of imidazole rings is 1. The lowest BCUT2D eigenvalue weighted by Gasteiger charge is -2.15. The molecular formula is C21H39BrN6O6. The second-order valence-corrected chi connectivity index (χ2v) is 8.04. The van der Waals surface area contributed by atoms with E-state index in [2.05, 4.69) is 58.5 Å². The van der Waals surface area contributed by atoms with Crippen LogP contribution in [0.15, 0.2) is 14.3 Å². The van der Waals surface area contributed by atoms with Crippen molar-refractivity contribution in [3.05, 3.63) is 25.6 Å². The van der Waals surface area contributed by atoms with Crippen LogP contribution in [-0.4, -0.2) is 92.7 Å². The third-order valence-electron chi connectivity index (χ3n) is 5.28. The maximum absolute atomic E-state index is 11.7. The van der Waals surface area contributed by atoms with Crippen LogP contribution in [0.5, 0.6) is 0 Å². The first kappa shape index (κ1) is 31.9. The normalized spacial score (nSPS) is 10.8. The van der Waals surface area contributed by atoms with Crippen molar-refractivity contribution in [1.82, 2.24) is 24.0 Å². The Bertz CT molecular complexity index is 951. The zero-order chi connectivity index (χ0) is 26.3. The van der Waals surface area contributed by atoms with Crippen LogP contribution < -0.4 is 21.3 Å². The molecule has 0 bridgehead atoms. The van der Waals surface area contributed by atoms with Crippen molar-refractivity contribution >= 4 is 33.1 Å². The molecule has 0 spiro atoms. The number of likely N-dealkylation sites (N-methyl/N-ethyl adjacent to an activating group) is 2. The summed E-state index contributed by atoms with van der Waals surface area (Å²) in [6.45, 7) is 15.1. The molecule has 0 aliphatic carbocycles. The van der Waals surface area contributed by atoms with Crippen LogP contribution in [0.25, 0.3) is 11.2 Å². The lowest BCUT2D eigenvalue weighted by atomic mass is 10.4. The fraction of sp³-hybridized carbons (Fsp3) is 0.714. The molecule has 0 radical (unpaired) electrons. The first-order valence-corrected chi connectivity index (χ1v) is 12.2. The quantitative estimate of drug-likeness (QED) is 0.224. The Hall–Kier alpha value is -2.06. The second-order valence-electron chi connectivity index (χ2n) is 7.33. The number of aryl methyl sites for hydroxylation is 2. The van der Waals surface area contributed by atoms with Gasteiger partial charge in [0.2, 0.25) is 0 Å². The molecule has 2 aromatic heterocycles. The summed E-state index contributed by atoms with van der Waals surface area (Å²) in [5, 5.41) is 27.4. The summed E-state index contributed by atoms with van der Waals surface area (Å²) >= 11 is 3.12. The van der Waals surface area contributed by atoms with Crippen molar-refractivity contribution < 1.29 is 25.0 Å². The number of carboxylic acid groups (broad SMARTS) is 1. The molecule has 12 nitrogen and oxygen atoms in total. The number of carbonyl (C=O) groups is 1. The summed E-state index contributed by atoms with van der Waals surface area (Å²) in [7, 11) is 1.46. The number of carboxylic acids is 1. The third-order valence-corrected chi connectivity index (χ3v) is 5.88. The number of halogens is 1. The number of aromatic amines is 1. The van der Waals surface area contributed by atoms with Gasteiger partial charge in [-0.05, 0) is 42.9 Å². The van der Waals surface area contributed by atoms with Gasteiger partial charge in [0.05, 0.1) is 26.3 Å². The summed E-state index contributed by atoms with van der Waals surface area (Å²) in [5.74, 6) is -1.23.